The van der Waals surface area contributed by atoms with Gasteiger partial charge in [-0.1, -0.05) is 23.2 Å². The third kappa shape index (κ3) is 1.87. The number of imidazole rings is 1. The van der Waals surface area contributed by atoms with Gasteiger partial charge in [-0.15, -0.1) is 0 Å². The fraction of sp³-hybridized carbons (Fsp3) is 0. The minimum Gasteiger partial charge on any atom is -0.269 e. The molecule has 0 saturated carbocycles. The summed E-state index contributed by atoms with van der Waals surface area (Å²) in [5, 5.41) is -0.0442. The quantitative estimate of drug-likeness (QED) is 0.822. The van der Waals surface area contributed by atoms with Crippen LogP contribution in [0.1, 0.15) is 0 Å². The molecule has 1 aromatic carbocycles. The first-order chi connectivity index (χ1) is 7.30. The predicted octanol–water partition coefficient (Wildman–Crippen LogP) is 2.65. The number of halogens is 3. The largest absolute Gasteiger partial charge is 0.366 e. The molecule has 0 radical (unpaired) electrons. The maximum absolute atomic E-state index is 11.0. The Morgan fingerprint density at radius 3 is 2.31 bits per heavy atom. The fourth-order valence-electron chi connectivity index (χ4n) is 1.24. The Hall–Kier alpha value is -0.530. The van der Waals surface area contributed by atoms with E-state index in [0.717, 1.165) is 0 Å². The van der Waals surface area contributed by atoms with Gasteiger partial charge in [0.05, 0.1) is 21.1 Å². The lowest BCUT2D eigenvalue weighted by molar-refractivity contribution is 0.474. The van der Waals surface area contributed by atoms with Gasteiger partial charge in [0.25, 0.3) is 0 Å². The average molecular weight is 302 g/mol. The monoisotopic (exact) mass is 300 g/mol. The van der Waals surface area contributed by atoms with Crippen LogP contribution < -0.4 is 0 Å². The third-order valence-corrected chi connectivity index (χ3v) is 3.75. The van der Waals surface area contributed by atoms with Crippen LogP contribution in [0.15, 0.2) is 12.1 Å². The van der Waals surface area contributed by atoms with Crippen LogP contribution in [0.4, 0.5) is 0 Å². The highest BCUT2D eigenvalue weighted by atomic mass is 35.5. The first-order valence-electron chi connectivity index (χ1n) is 3.81. The fourth-order valence-corrected chi connectivity index (χ4v) is 2.63. The molecule has 0 aliphatic carbocycles. The van der Waals surface area contributed by atoms with E-state index in [4.69, 9.17) is 39.4 Å². The summed E-state index contributed by atoms with van der Waals surface area (Å²) < 4.78 is 31.5. The van der Waals surface area contributed by atoms with Crippen LogP contribution in [0, 0.1) is 0 Å². The Balaban J connectivity index is 2.96. The molecular formula is C7H3Cl3N2O3S. The van der Waals surface area contributed by atoms with Crippen LogP contribution in [-0.4, -0.2) is 21.9 Å². The molecule has 16 heavy (non-hydrogen) atoms. The smallest absolute Gasteiger partial charge is 0.269 e. The zero-order valence-electron chi connectivity index (χ0n) is 7.35. The molecule has 0 unspecified atom stereocenters. The van der Waals surface area contributed by atoms with Crippen molar-refractivity contribution in [2.45, 2.75) is 0 Å². The van der Waals surface area contributed by atoms with Crippen LogP contribution >= 0.6 is 34.8 Å². The van der Waals surface area contributed by atoms with Gasteiger partial charge < -0.3 is 0 Å². The average Bonchev–Trinajstić information content (AvgIpc) is 2.40. The van der Waals surface area contributed by atoms with E-state index in [1.54, 1.807) is 0 Å². The Labute approximate surface area is 105 Å². The highest BCUT2D eigenvalue weighted by Gasteiger charge is 2.19. The van der Waals surface area contributed by atoms with Gasteiger partial charge in [0.15, 0.2) is 0 Å². The number of benzene rings is 1. The van der Waals surface area contributed by atoms with Gasteiger partial charge in [-0.2, -0.15) is 12.4 Å². The molecule has 9 heteroatoms. The molecule has 0 bridgehead atoms. The van der Waals surface area contributed by atoms with Gasteiger partial charge in [-0.25, -0.2) is 4.98 Å². The third-order valence-electron chi connectivity index (χ3n) is 1.85. The summed E-state index contributed by atoms with van der Waals surface area (Å²) in [6.45, 7) is 0. The zero-order valence-corrected chi connectivity index (χ0v) is 10.4. The van der Waals surface area contributed by atoms with Crippen molar-refractivity contribution < 1.29 is 13.0 Å². The molecule has 1 N–H and O–H groups in total. The normalized spacial score (nSPS) is 12.2. The molecule has 86 valence electrons. The van der Waals surface area contributed by atoms with E-state index in [1.807, 2.05) is 0 Å². The summed E-state index contributed by atoms with van der Waals surface area (Å²) in [5.41, 5.74) is 0.277. The van der Waals surface area contributed by atoms with Crippen LogP contribution in [0.3, 0.4) is 0 Å². The van der Waals surface area contributed by atoms with E-state index in [0.29, 0.717) is 3.97 Å². The molecule has 0 fully saturated rings. The minimum absolute atomic E-state index is 0.0573. The topological polar surface area (TPSA) is 72.2 Å². The van der Waals surface area contributed by atoms with E-state index < -0.39 is 15.6 Å². The molecule has 2 aromatic rings. The summed E-state index contributed by atoms with van der Waals surface area (Å²) >= 11 is 17.0. The Bertz CT molecular complexity index is 680. The number of nitrogens with zero attached hydrogens (tertiary/aromatic N) is 2. The van der Waals surface area contributed by atoms with Gasteiger partial charge in [0.1, 0.15) is 0 Å². The lowest BCUT2D eigenvalue weighted by Crippen LogP contribution is -2.10. The number of aromatic nitrogens is 2. The van der Waals surface area contributed by atoms with Gasteiger partial charge in [0.2, 0.25) is 5.28 Å². The van der Waals surface area contributed by atoms with Crippen LogP contribution in [0.2, 0.25) is 15.3 Å². The van der Waals surface area contributed by atoms with Crippen molar-refractivity contribution in [1.82, 2.24) is 8.96 Å². The van der Waals surface area contributed by atoms with Crippen molar-refractivity contribution in [2.24, 2.45) is 0 Å². The van der Waals surface area contributed by atoms with Gasteiger partial charge in [-0.3, -0.25) is 4.55 Å². The van der Waals surface area contributed by atoms with Crippen molar-refractivity contribution >= 4 is 56.1 Å². The zero-order chi connectivity index (χ0) is 12.1. The number of hydrogen-bond acceptors (Lipinski definition) is 3. The number of hydrogen-bond donors (Lipinski definition) is 1. The summed E-state index contributed by atoms with van der Waals surface area (Å²) in [7, 11) is -4.53. The summed E-state index contributed by atoms with van der Waals surface area (Å²) in [4.78, 5) is 3.73. The summed E-state index contributed by atoms with van der Waals surface area (Å²) in [6, 6.07) is 2.61. The molecule has 0 saturated heterocycles. The second kappa shape index (κ2) is 3.75. The first kappa shape index (κ1) is 11.9. The minimum atomic E-state index is -4.53. The molecule has 1 aromatic heterocycles. The van der Waals surface area contributed by atoms with Crippen molar-refractivity contribution in [3.63, 3.8) is 0 Å². The van der Waals surface area contributed by atoms with Gasteiger partial charge in [0, 0.05) is 0 Å². The lowest BCUT2D eigenvalue weighted by atomic mass is 10.3. The van der Waals surface area contributed by atoms with Crippen molar-refractivity contribution in [1.29, 1.82) is 0 Å². The van der Waals surface area contributed by atoms with E-state index >= 15 is 0 Å². The Kier molecular flexibility index (Phi) is 2.80. The molecule has 2 rings (SSSR count). The second-order valence-electron chi connectivity index (χ2n) is 2.88. The maximum atomic E-state index is 11.0. The molecule has 0 aliphatic rings. The van der Waals surface area contributed by atoms with E-state index in [-0.39, 0.29) is 21.1 Å². The van der Waals surface area contributed by atoms with Gasteiger partial charge >= 0.3 is 10.3 Å². The number of fused-ring (bicyclic) bond motifs is 1. The van der Waals surface area contributed by atoms with Crippen molar-refractivity contribution in [3.8, 4) is 0 Å². The van der Waals surface area contributed by atoms with Crippen LogP contribution in [0.25, 0.3) is 11.0 Å². The summed E-state index contributed by atoms with van der Waals surface area (Å²) in [5.74, 6) is 0. The molecule has 0 atom stereocenters. The molecule has 0 aliphatic heterocycles. The van der Waals surface area contributed by atoms with Crippen molar-refractivity contribution in [3.05, 3.63) is 27.5 Å². The molecule has 0 amide bonds. The van der Waals surface area contributed by atoms with E-state index in [1.165, 1.54) is 12.1 Å². The molecule has 0 spiro atoms. The maximum Gasteiger partial charge on any atom is 0.366 e. The Morgan fingerprint density at radius 1 is 1.19 bits per heavy atom. The second-order valence-corrected chi connectivity index (χ2v) is 5.29. The SMILES string of the molecule is O=S(=O)(O)n1c(Cl)nc2cc(Cl)c(Cl)cc21. The predicted molar refractivity (Wildman–Crippen MR) is 61.7 cm³/mol. The van der Waals surface area contributed by atoms with Crippen LogP contribution in [-0.2, 0) is 10.3 Å². The van der Waals surface area contributed by atoms with Crippen LogP contribution in [0.5, 0.6) is 0 Å². The molecule has 1 heterocycles. The highest BCUT2D eigenvalue weighted by molar-refractivity contribution is 7.84. The number of rotatable bonds is 1. The van der Waals surface area contributed by atoms with E-state index in [2.05, 4.69) is 4.98 Å². The molecular weight excluding hydrogens is 299 g/mol. The lowest BCUT2D eigenvalue weighted by Gasteiger charge is -2.01. The van der Waals surface area contributed by atoms with E-state index in [9.17, 15) is 8.42 Å². The molecule has 5 nitrogen and oxygen atoms in total. The standard InChI is InChI=1S/C7H3Cl3N2O3S/c8-3-1-5-6(2-4(3)9)12(7(10)11-5)16(13,14)15/h1-2H,(H,13,14,15). The summed E-state index contributed by atoms with van der Waals surface area (Å²) in [6.07, 6.45) is 0. The first-order valence-corrected chi connectivity index (χ1v) is 6.35. The Morgan fingerprint density at radius 2 is 1.75 bits per heavy atom. The highest BCUT2D eigenvalue weighted by Crippen LogP contribution is 2.30. The van der Waals surface area contributed by atoms with Crippen molar-refractivity contribution in [2.75, 3.05) is 0 Å². The van der Waals surface area contributed by atoms with Gasteiger partial charge in [-0.05, 0) is 23.7 Å².